The number of rotatable bonds is 5. The zero-order valence-corrected chi connectivity index (χ0v) is 24.0. The molecule has 15 heteroatoms. The molecule has 227 valence electrons. The fourth-order valence-electron chi connectivity index (χ4n) is 5.43. The molecule has 0 spiro atoms. The average Bonchev–Trinajstić information content (AvgIpc) is 3.52. The van der Waals surface area contributed by atoms with Crippen molar-refractivity contribution >= 4 is 57.8 Å². The second-order valence-corrected chi connectivity index (χ2v) is 11.1. The van der Waals surface area contributed by atoms with Crippen LogP contribution in [0.4, 0.5) is 28.9 Å². The number of aromatic nitrogens is 2. The summed E-state index contributed by atoms with van der Waals surface area (Å²) in [5.41, 5.74) is 1.15. The number of alkyl halides is 3. The summed E-state index contributed by atoms with van der Waals surface area (Å²) in [6.07, 6.45) is -2.75. The summed E-state index contributed by atoms with van der Waals surface area (Å²) in [6.45, 7) is 0.257. The Kier molecular flexibility index (Phi) is 7.62. The Morgan fingerprint density at radius 2 is 1.89 bits per heavy atom. The molecule has 2 aliphatic heterocycles. The predicted molar refractivity (Wildman–Crippen MR) is 154 cm³/mol. The van der Waals surface area contributed by atoms with E-state index in [9.17, 15) is 27.6 Å². The SMILES string of the molecule is O=C(c1cc(Cc2c[nH]c(=O)c3cc(Cl)c(Cl)n23)ccc1F)N1CCCC(C2=[N+]c3ccccc3N2OC(=O)C(F)(F)F)C1. The summed E-state index contributed by atoms with van der Waals surface area (Å²) >= 11 is 12.4. The Bertz CT molecular complexity index is 1900. The van der Waals surface area contributed by atoms with Gasteiger partial charge in [0, 0.05) is 31.4 Å². The summed E-state index contributed by atoms with van der Waals surface area (Å²) < 4.78 is 55.7. The van der Waals surface area contributed by atoms with Crippen molar-refractivity contribution in [2.75, 3.05) is 18.2 Å². The largest absolute Gasteiger partial charge is 0.495 e. The lowest BCUT2D eigenvalue weighted by Crippen LogP contribution is -2.48. The average molecular weight is 650 g/mol. The molecule has 1 N–H and O–H groups in total. The first-order chi connectivity index (χ1) is 20.9. The standard InChI is InChI=1S/C29H21Cl2F4N5O4/c30-19-12-23-26(41)36-13-17(39(23)24(19)31)10-15-7-8-20(32)18(11-15)27(42)38-9-3-4-16(14-38)25-37-21-5-1-2-6-22(21)40(25)44-28(43)29(33,34)35/h1-2,5-8,11-13,16H,3-4,9-10,14H2,(H,36,41)/q+1. The summed E-state index contributed by atoms with van der Waals surface area (Å²) in [7, 11) is 0. The number of amidine groups is 1. The molecule has 2 aliphatic rings. The number of H-pyrrole nitrogens is 1. The number of carbonyl (C=O) groups excluding carboxylic acids is 2. The number of halogens is 6. The van der Waals surface area contributed by atoms with Crippen LogP contribution in [0.3, 0.4) is 0 Å². The van der Waals surface area contributed by atoms with Crippen LogP contribution in [-0.2, 0) is 16.1 Å². The van der Waals surface area contributed by atoms with Crippen molar-refractivity contribution in [1.82, 2.24) is 19.3 Å². The van der Waals surface area contributed by atoms with Gasteiger partial charge in [-0.3, -0.25) is 14.0 Å². The molecule has 6 rings (SSSR count). The second kappa shape index (κ2) is 11.3. The van der Waals surface area contributed by atoms with Gasteiger partial charge in [-0.2, -0.15) is 13.2 Å². The molecule has 1 saturated heterocycles. The molecule has 1 unspecified atom stereocenters. The highest BCUT2D eigenvalue weighted by Gasteiger charge is 2.51. The zero-order chi connectivity index (χ0) is 31.3. The highest BCUT2D eigenvalue weighted by atomic mass is 35.5. The number of nitrogens with one attached hydrogen (secondary N) is 1. The van der Waals surface area contributed by atoms with Crippen molar-refractivity contribution in [2.45, 2.75) is 25.4 Å². The number of anilines is 1. The van der Waals surface area contributed by atoms with Crippen LogP contribution in [0.25, 0.3) is 5.52 Å². The molecule has 1 amide bonds. The van der Waals surface area contributed by atoms with Crippen molar-refractivity contribution in [2.24, 2.45) is 5.92 Å². The van der Waals surface area contributed by atoms with Crippen LogP contribution in [0.1, 0.15) is 34.5 Å². The number of aromatic amines is 1. The van der Waals surface area contributed by atoms with Crippen molar-refractivity contribution in [3.63, 3.8) is 0 Å². The Balaban J connectivity index is 1.25. The van der Waals surface area contributed by atoms with Crippen LogP contribution in [0.5, 0.6) is 0 Å². The number of carbonyl (C=O) groups is 2. The van der Waals surface area contributed by atoms with Gasteiger partial charge in [0.1, 0.15) is 16.5 Å². The monoisotopic (exact) mass is 649 g/mol. The molecule has 9 nitrogen and oxygen atoms in total. The topological polar surface area (TPSA) is 101 Å². The summed E-state index contributed by atoms with van der Waals surface area (Å²) in [5.74, 6) is -4.37. The smallest absolute Gasteiger partial charge is 0.338 e. The molecule has 2 aromatic carbocycles. The van der Waals surface area contributed by atoms with E-state index in [-0.39, 0.29) is 52.3 Å². The van der Waals surface area contributed by atoms with Gasteiger partial charge in [0.05, 0.1) is 16.5 Å². The highest BCUT2D eigenvalue weighted by Crippen LogP contribution is 2.35. The van der Waals surface area contributed by atoms with Gasteiger partial charge in [0.2, 0.25) is 11.4 Å². The number of para-hydroxylation sites is 2. The fourth-order valence-corrected chi connectivity index (χ4v) is 5.87. The lowest BCUT2D eigenvalue weighted by Gasteiger charge is -2.31. The van der Waals surface area contributed by atoms with E-state index in [4.69, 9.17) is 28.0 Å². The van der Waals surface area contributed by atoms with E-state index in [0.717, 1.165) is 11.1 Å². The number of nitrogens with zero attached hydrogens (tertiary/aromatic N) is 4. The number of hydrogen-bond acceptors (Lipinski definition) is 6. The van der Waals surface area contributed by atoms with Gasteiger partial charge in [-0.05, 0) is 58.8 Å². The van der Waals surface area contributed by atoms with Crippen LogP contribution in [0.2, 0.25) is 10.2 Å². The van der Waals surface area contributed by atoms with Gasteiger partial charge in [0.25, 0.3) is 11.5 Å². The maximum atomic E-state index is 15.0. The Morgan fingerprint density at radius 3 is 2.66 bits per heavy atom. The quantitative estimate of drug-likeness (QED) is 0.291. The lowest BCUT2D eigenvalue weighted by atomic mass is 9.95. The Hall–Kier alpha value is -4.36. The maximum Gasteiger partial charge on any atom is 0.495 e. The van der Waals surface area contributed by atoms with Gasteiger partial charge in [0.15, 0.2) is 0 Å². The van der Waals surface area contributed by atoms with E-state index < -0.39 is 35.3 Å². The summed E-state index contributed by atoms with van der Waals surface area (Å²) in [5, 5.41) is 1.07. The molecule has 0 saturated carbocycles. The third-order valence-electron chi connectivity index (χ3n) is 7.46. The molecular weight excluding hydrogens is 629 g/mol. The Morgan fingerprint density at radius 1 is 1.11 bits per heavy atom. The number of fused-ring (bicyclic) bond motifs is 2. The number of hydrogen-bond donors (Lipinski definition) is 1. The summed E-state index contributed by atoms with van der Waals surface area (Å²) in [6, 6.07) is 11.7. The third-order valence-corrected chi connectivity index (χ3v) is 8.21. The number of benzene rings is 2. The number of likely N-dealkylation sites (tertiary alicyclic amines) is 1. The molecule has 1 radical (unpaired) electrons. The fraction of sp³-hybridized carbons (Fsp3) is 0.241. The van der Waals surface area contributed by atoms with Crippen molar-refractivity contribution in [3.8, 4) is 0 Å². The highest BCUT2D eigenvalue weighted by molar-refractivity contribution is 6.42. The molecule has 0 bridgehead atoms. The molecule has 1 fully saturated rings. The number of aliphatic imine (C=N–C) groups is 1. The predicted octanol–water partition coefficient (Wildman–Crippen LogP) is 5.42. The number of hydroxylamine groups is 1. The van der Waals surface area contributed by atoms with E-state index in [1.807, 2.05) is 0 Å². The molecule has 2 aromatic heterocycles. The molecule has 4 heterocycles. The first kappa shape index (κ1) is 29.7. The number of piperidine rings is 1. The minimum Gasteiger partial charge on any atom is -0.338 e. The molecule has 0 aliphatic carbocycles. The van der Waals surface area contributed by atoms with Crippen LogP contribution >= 0.6 is 23.2 Å². The van der Waals surface area contributed by atoms with E-state index in [1.165, 1.54) is 39.8 Å². The van der Waals surface area contributed by atoms with Crippen LogP contribution in [0.15, 0.2) is 59.5 Å². The second-order valence-electron chi connectivity index (χ2n) is 10.3. The van der Waals surface area contributed by atoms with Gasteiger partial charge < -0.3 is 9.88 Å². The van der Waals surface area contributed by atoms with Crippen molar-refractivity contribution in [1.29, 1.82) is 0 Å². The van der Waals surface area contributed by atoms with Crippen molar-refractivity contribution in [3.05, 3.63) is 97.9 Å². The molecule has 44 heavy (non-hydrogen) atoms. The first-order valence-corrected chi connectivity index (χ1v) is 14.1. The molecule has 4 aromatic rings. The van der Waals surface area contributed by atoms with Crippen molar-refractivity contribution < 1.29 is 32.0 Å². The van der Waals surface area contributed by atoms with Crippen LogP contribution in [0, 0.1) is 11.7 Å². The van der Waals surface area contributed by atoms with E-state index in [2.05, 4.69) is 9.98 Å². The maximum absolute atomic E-state index is 15.0. The normalized spacial score (nSPS) is 16.7. The minimum atomic E-state index is -5.24. The van der Waals surface area contributed by atoms with Gasteiger partial charge >= 0.3 is 18.0 Å². The Labute approximate surface area is 256 Å². The summed E-state index contributed by atoms with van der Waals surface area (Å²) in [4.78, 5) is 50.7. The lowest BCUT2D eigenvalue weighted by molar-refractivity contribution is -0.199. The third kappa shape index (κ3) is 5.41. The zero-order valence-electron chi connectivity index (χ0n) is 22.5. The van der Waals surface area contributed by atoms with Gasteiger partial charge in [-0.25, -0.2) is 14.0 Å². The van der Waals surface area contributed by atoms with Crippen LogP contribution < -0.4 is 15.6 Å². The van der Waals surface area contributed by atoms with E-state index >= 15 is 4.39 Å². The van der Waals surface area contributed by atoms with E-state index in [1.54, 1.807) is 18.2 Å². The molecular formula is C29H21Cl2F4N5O4+. The van der Waals surface area contributed by atoms with Gasteiger partial charge in [-0.15, -0.1) is 0 Å². The van der Waals surface area contributed by atoms with E-state index in [0.29, 0.717) is 29.8 Å². The molecule has 1 atom stereocenters. The number of amides is 1. The first-order valence-electron chi connectivity index (χ1n) is 13.3. The van der Waals surface area contributed by atoms with Crippen LogP contribution in [-0.4, -0.2) is 51.3 Å². The minimum absolute atomic E-state index is 0.00654. The van der Waals surface area contributed by atoms with Gasteiger partial charge in [-0.1, -0.05) is 41.4 Å².